The number of ether oxygens (including phenoxy) is 1. The van der Waals surface area contributed by atoms with Gasteiger partial charge in [-0.2, -0.15) is 0 Å². The first-order valence-electron chi connectivity index (χ1n) is 5.56. The average Bonchev–Trinajstić information content (AvgIpc) is 2.65. The Kier molecular flexibility index (Phi) is 3.25. The predicted octanol–water partition coefficient (Wildman–Crippen LogP) is 2.24. The van der Waals surface area contributed by atoms with Crippen LogP contribution >= 0.6 is 0 Å². The molecule has 0 saturated carbocycles. The number of aromatic nitrogens is 2. The summed E-state index contributed by atoms with van der Waals surface area (Å²) in [5, 5.41) is 9.26. The zero-order valence-corrected chi connectivity index (χ0v) is 10.8. The first-order valence-corrected chi connectivity index (χ1v) is 5.56. The van der Waals surface area contributed by atoms with Gasteiger partial charge >= 0.3 is 5.97 Å². The van der Waals surface area contributed by atoms with Gasteiger partial charge in [-0.1, -0.05) is 0 Å². The Morgan fingerprint density at radius 3 is 2.74 bits per heavy atom. The highest BCUT2D eigenvalue weighted by molar-refractivity contribution is 5.94. The Morgan fingerprint density at radius 2 is 2.16 bits per heavy atom. The van der Waals surface area contributed by atoms with Gasteiger partial charge in [0.15, 0.2) is 5.69 Å². The van der Waals surface area contributed by atoms with Crippen molar-refractivity contribution in [1.29, 1.82) is 0 Å². The number of imidazole rings is 1. The number of methoxy groups -OCH3 is 1. The minimum absolute atomic E-state index is 0.00130. The van der Waals surface area contributed by atoms with E-state index in [-0.39, 0.29) is 11.4 Å². The van der Waals surface area contributed by atoms with Crippen LogP contribution in [0.4, 0.5) is 4.39 Å². The third kappa shape index (κ3) is 2.16. The van der Waals surface area contributed by atoms with Crippen LogP contribution < -0.4 is 4.74 Å². The summed E-state index contributed by atoms with van der Waals surface area (Å²) in [4.78, 5) is 15.5. The van der Waals surface area contributed by atoms with Crippen molar-refractivity contribution < 1.29 is 19.0 Å². The standard InChI is InChI=1S/C13H13FN2O3/c1-7-15-11(12(13(17)18)16(7)2)9-6-8(14)4-5-10(9)19-3/h4-6H,1-3H3,(H,17,18). The number of rotatable bonds is 3. The Bertz CT molecular complexity index is 650. The van der Waals surface area contributed by atoms with Crippen molar-refractivity contribution in [2.24, 2.45) is 7.05 Å². The van der Waals surface area contributed by atoms with Crippen LogP contribution in [0.15, 0.2) is 18.2 Å². The lowest BCUT2D eigenvalue weighted by Gasteiger charge is -2.07. The number of hydrogen-bond acceptors (Lipinski definition) is 3. The predicted molar refractivity (Wildman–Crippen MR) is 66.9 cm³/mol. The summed E-state index contributed by atoms with van der Waals surface area (Å²) in [6.45, 7) is 1.68. The average molecular weight is 264 g/mol. The molecule has 5 nitrogen and oxygen atoms in total. The minimum atomic E-state index is -1.12. The largest absolute Gasteiger partial charge is 0.496 e. The van der Waals surface area contributed by atoms with E-state index in [1.165, 1.54) is 29.9 Å². The molecule has 1 heterocycles. The van der Waals surface area contributed by atoms with Gasteiger partial charge in [0.2, 0.25) is 0 Å². The van der Waals surface area contributed by atoms with E-state index < -0.39 is 11.8 Å². The maximum atomic E-state index is 13.4. The summed E-state index contributed by atoms with van der Waals surface area (Å²) >= 11 is 0. The van der Waals surface area contributed by atoms with Gasteiger partial charge in [-0.25, -0.2) is 14.2 Å². The van der Waals surface area contributed by atoms with Gasteiger partial charge in [0.1, 0.15) is 23.1 Å². The maximum absolute atomic E-state index is 13.4. The van der Waals surface area contributed by atoms with Crippen LogP contribution in [0.25, 0.3) is 11.3 Å². The Labute approximate surface area is 109 Å². The fourth-order valence-electron chi connectivity index (χ4n) is 1.91. The molecule has 1 N–H and O–H groups in total. The van der Waals surface area contributed by atoms with E-state index >= 15 is 0 Å². The topological polar surface area (TPSA) is 64.4 Å². The molecule has 0 aliphatic carbocycles. The maximum Gasteiger partial charge on any atom is 0.354 e. The lowest BCUT2D eigenvalue weighted by molar-refractivity contribution is 0.0687. The first-order chi connectivity index (χ1) is 8.95. The van der Waals surface area contributed by atoms with Crippen molar-refractivity contribution in [1.82, 2.24) is 9.55 Å². The molecular formula is C13H13FN2O3. The van der Waals surface area contributed by atoms with E-state index in [1.807, 2.05) is 0 Å². The smallest absolute Gasteiger partial charge is 0.354 e. The molecular weight excluding hydrogens is 251 g/mol. The van der Waals surface area contributed by atoms with Gasteiger partial charge in [-0.3, -0.25) is 0 Å². The number of carboxylic acid groups (broad SMARTS) is 1. The van der Waals surface area contributed by atoms with Crippen molar-refractivity contribution in [2.75, 3.05) is 7.11 Å². The van der Waals surface area contributed by atoms with Crippen molar-refractivity contribution in [3.8, 4) is 17.0 Å². The highest BCUT2D eigenvalue weighted by atomic mass is 19.1. The number of aromatic carboxylic acids is 1. The SMILES string of the molecule is COc1ccc(F)cc1-c1nc(C)n(C)c1C(=O)O. The van der Waals surface area contributed by atoms with Gasteiger partial charge < -0.3 is 14.4 Å². The van der Waals surface area contributed by atoms with Gasteiger partial charge in [-0.05, 0) is 25.1 Å². The first kappa shape index (κ1) is 13.1. The number of halogens is 1. The summed E-state index contributed by atoms with van der Waals surface area (Å²) in [5.74, 6) is -0.694. The lowest BCUT2D eigenvalue weighted by atomic mass is 10.1. The summed E-state index contributed by atoms with van der Waals surface area (Å²) in [5.41, 5.74) is 0.522. The van der Waals surface area contributed by atoms with E-state index in [1.54, 1.807) is 14.0 Å². The van der Waals surface area contributed by atoms with Gasteiger partial charge in [-0.15, -0.1) is 0 Å². The van der Waals surface area contributed by atoms with E-state index in [9.17, 15) is 14.3 Å². The van der Waals surface area contributed by atoms with Gasteiger partial charge in [0.25, 0.3) is 0 Å². The minimum Gasteiger partial charge on any atom is -0.496 e. The molecule has 2 aromatic rings. The molecule has 0 unspecified atom stereocenters. The monoisotopic (exact) mass is 264 g/mol. The van der Waals surface area contributed by atoms with Crippen LogP contribution in [0.1, 0.15) is 16.3 Å². The van der Waals surface area contributed by atoms with E-state index in [4.69, 9.17) is 4.74 Å². The number of nitrogens with zero attached hydrogens (tertiary/aromatic N) is 2. The van der Waals surface area contributed by atoms with E-state index in [2.05, 4.69) is 4.98 Å². The molecule has 2 rings (SSSR count). The fraction of sp³-hybridized carbons (Fsp3) is 0.231. The number of carboxylic acids is 1. The molecule has 0 aliphatic rings. The summed E-state index contributed by atoms with van der Waals surface area (Å²) < 4.78 is 19.9. The highest BCUT2D eigenvalue weighted by Gasteiger charge is 2.22. The summed E-state index contributed by atoms with van der Waals surface area (Å²) in [6, 6.07) is 3.91. The third-order valence-electron chi connectivity index (χ3n) is 2.94. The molecule has 0 saturated heterocycles. The highest BCUT2D eigenvalue weighted by Crippen LogP contribution is 2.32. The van der Waals surface area contributed by atoms with Crippen molar-refractivity contribution in [3.05, 3.63) is 35.5 Å². The molecule has 0 bridgehead atoms. The van der Waals surface area contributed by atoms with Crippen molar-refractivity contribution >= 4 is 5.97 Å². The van der Waals surface area contributed by atoms with Gasteiger partial charge in [0, 0.05) is 12.6 Å². The zero-order chi connectivity index (χ0) is 14.2. The number of benzene rings is 1. The Morgan fingerprint density at radius 1 is 1.47 bits per heavy atom. The van der Waals surface area contributed by atoms with Crippen LogP contribution in [0, 0.1) is 12.7 Å². The third-order valence-corrected chi connectivity index (χ3v) is 2.94. The molecule has 1 aromatic heterocycles. The quantitative estimate of drug-likeness (QED) is 0.923. The normalized spacial score (nSPS) is 10.5. The van der Waals surface area contributed by atoms with Crippen molar-refractivity contribution in [2.45, 2.75) is 6.92 Å². The van der Waals surface area contributed by atoms with Crippen LogP contribution in [-0.2, 0) is 7.05 Å². The molecule has 0 atom stereocenters. The number of carbonyl (C=O) groups is 1. The van der Waals surface area contributed by atoms with Gasteiger partial charge in [0.05, 0.1) is 7.11 Å². The summed E-state index contributed by atoms with van der Waals surface area (Å²) in [6.07, 6.45) is 0. The van der Waals surface area contributed by atoms with Crippen molar-refractivity contribution in [3.63, 3.8) is 0 Å². The second-order valence-electron chi connectivity index (χ2n) is 4.07. The summed E-state index contributed by atoms with van der Waals surface area (Å²) in [7, 11) is 3.04. The number of hydrogen-bond donors (Lipinski definition) is 1. The van der Waals surface area contributed by atoms with Crippen LogP contribution in [-0.4, -0.2) is 27.7 Å². The molecule has 0 radical (unpaired) electrons. The second kappa shape index (κ2) is 4.72. The molecule has 0 aliphatic heterocycles. The van der Waals surface area contributed by atoms with E-state index in [0.29, 0.717) is 17.1 Å². The lowest BCUT2D eigenvalue weighted by Crippen LogP contribution is -2.07. The fourth-order valence-corrected chi connectivity index (χ4v) is 1.91. The molecule has 0 fully saturated rings. The van der Waals surface area contributed by atoms with Crippen LogP contribution in [0.2, 0.25) is 0 Å². The Balaban J connectivity index is 2.75. The molecule has 1 aromatic carbocycles. The van der Waals surface area contributed by atoms with E-state index in [0.717, 1.165) is 0 Å². The molecule has 0 amide bonds. The molecule has 19 heavy (non-hydrogen) atoms. The zero-order valence-electron chi connectivity index (χ0n) is 10.8. The molecule has 0 spiro atoms. The molecule has 100 valence electrons. The Hall–Kier alpha value is -2.37. The molecule has 6 heteroatoms. The van der Waals surface area contributed by atoms with Crippen LogP contribution in [0.3, 0.4) is 0 Å². The van der Waals surface area contributed by atoms with Crippen LogP contribution in [0.5, 0.6) is 5.75 Å². The second-order valence-corrected chi connectivity index (χ2v) is 4.07. The number of aryl methyl sites for hydroxylation is 1.